The minimum atomic E-state index is -0.842. The van der Waals surface area contributed by atoms with E-state index in [2.05, 4.69) is 32.8 Å². The fraction of sp³-hybridized carbons (Fsp3) is 0.278. The van der Waals surface area contributed by atoms with Gasteiger partial charge in [-0.15, -0.1) is 0 Å². The molecule has 2 radical (unpaired) electrons. The van der Waals surface area contributed by atoms with Gasteiger partial charge in [-0.25, -0.2) is 0 Å². The first-order valence-corrected chi connectivity index (χ1v) is 9.43. The van der Waals surface area contributed by atoms with Gasteiger partial charge in [-0.3, -0.25) is 0 Å². The molecule has 0 saturated carbocycles. The van der Waals surface area contributed by atoms with Crippen LogP contribution in [0.2, 0.25) is 0 Å². The number of pyridine rings is 1. The van der Waals surface area contributed by atoms with Gasteiger partial charge in [0.05, 0.1) is 0 Å². The summed E-state index contributed by atoms with van der Waals surface area (Å²) in [6.07, 6.45) is 1.88. The molecule has 0 spiro atoms. The summed E-state index contributed by atoms with van der Waals surface area (Å²) in [5.74, 6) is 0. The number of aliphatic imine (C=N–C) groups is 2. The molecule has 1 aromatic heterocycles. The second-order valence-electron chi connectivity index (χ2n) is 5.82. The van der Waals surface area contributed by atoms with E-state index in [9.17, 15) is 4.79 Å². The molecule has 1 aliphatic rings. The molecule has 0 N–H and O–H groups in total. The Hall–Kier alpha value is -1.45. The fourth-order valence-electron chi connectivity index (χ4n) is 2.89. The third-order valence-corrected chi connectivity index (χ3v) is 5.54. The molecule has 6 heteroatoms. The van der Waals surface area contributed by atoms with E-state index in [1.807, 2.05) is 57.3 Å². The maximum atomic E-state index is 12.3. The van der Waals surface area contributed by atoms with Crippen LogP contribution in [-0.2, 0) is 12.2 Å². The molecule has 24 heavy (non-hydrogen) atoms. The Balaban J connectivity index is 2.33. The van der Waals surface area contributed by atoms with Gasteiger partial charge in [0, 0.05) is 0 Å². The first-order valence-electron chi connectivity index (χ1n) is 7.70. The molecule has 122 valence electrons. The van der Waals surface area contributed by atoms with Crippen molar-refractivity contribution in [2.24, 2.45) is 9.98 Å². The molecule has 2 heterocycles. The molecule has 0 amide bonds. The van der Waals surface area contributed by atoms with Crippen molar-refractivity contribution in [2.75, 3.05) is 0 Å². The molecular weight excluding hydrogens is 429 g/mol. The number of hydrogen-bond acceptors (Lipinski definition) is 3. The number of aryl methyl sites for hydroxylation is 2. The van der Waals surface area contributed by atoms with Crippen molar-refractivity contribution < 1.29 is 0 Å². The monoisotopic (exact) mass is 445 g/mol. The van der Waals surface area contributed by atoms with Crippen LogP contribution in [0.5, 0.6) is 0 Å². The van der Waals surface area contributed by atoms with Crippen LogP contribution < -0.4 is 5.56 Å². The minimum absolute atomic E-state index is 0.0285. The Labute approximate surface area is 158 Å². The van der Waals surface area contributed by atoms with Crippen molar-refractivity contribution >= 4 is 43.0 Å². The Morgan fingerprint density at radius 2 is 1.96 bits per heavy atom. The van der Waals surface area contributed by atoms with E-state index in [4.69, 9.17) is 9.98 Å². The molecular formula is C18H17AsBrN3O. The summed E-state index contributed by atoms with van der Waals surface area (Å²) in [6, 6.07) is 9.91. The van der Waals surface area contributed by atoms with Crippen LogP contribution in [0.25, 0.3) is 0 Å². The predicted molar refractivity (Wildman–Crippen MR) is 102 cm³/mol. The van der Waals surface area contributed by atoms with Crippen LogP contribution in [0.4, 0.5) is 0 Å². The number of rotatable bonds is 3. The van der Waals surface area contributed by atoms with Crippen molar-refractivity contribution in [3.63, 3.8) is 0 Å². The maximum absolute atomic E-state index is 12.3. The van der Waals surface area contributed by atoms with Crippen molar-refractivity contribution in [3.8, 4) is 0 Å². The second-order valence-corrected chi connectivity index (χ2v) is 7.62. The van der Waals surface area contributed by atoms with Crippen LogP contribution in [0, 0.1) is 6.92 Å². The first kappa shape index (κ1) is 17.4. The summed E-state index contributed by atoms with van der Waals surface area (Å²) in [6.45, 7) is 6.37. The standard InChI is InChI=1S/C18H17AsBrN3O/c1-4-23-10-14(8-11(2)17(23)24)18(21-12(3)16(19)22-18)13-6-5-7-15(20)9-13/h5-10H,4H2,1-3H3. The summed E-state index contributed by atoms with van der Waals surface area (Å²) in [5, 5.41) is 0. The normalized spacial score (nSPS) is 20.0. The van der Waals surface area contributed by atoms with Gasteiger partial charge in [0.1, 0.15) is 0 Å². The topological polar surface area (TPSA) is 46.7 Å². The van der Waals surface area contributed by atoms with Crippen LogP contribution in [-0.4, -0.2) is 31.6 Å². The molecule has 1 aliphatic heterocycles. The summed E-state index contributed by atoms with van der Waals surface area (Å²) in [7, 11) is 0. The Kier molecular flexibility index (Phi) is 4.67. The Morgan fingerprint density at radius 3 is 2.54 bits per heavy atom. The summed E-state index contributed by atoms with van der Waals surface area (Å²) < 4.78 is 3.55. The number of halogens is 1. The molecule has 1 aromatic carbocycles. The summed E-state index contributed by atoms with van der Waals surface area (Å²) in [5.41, 5.74) is 2.65. The van der Waals surface area contributed by atoms with Crippen molar-refractivity contribution in [2.45, 2.75) is 33.0 Å². The summed E-state index contributed by atoms with van der Waals surface area (Å²) >= 11 is 6.02. The number of nitrogens with zero attached hydrogens (tertiary/aromatic N) is 3. The third kappa shape index (κ3) is 2.84. The number of benzene rings is 1. The third-order valence-electron chi connectivity index (χ3n) is 4.16. The molecule has 2 aromatic rings. The van der Waals surface area contributed by atoms with Gasteiger partial charge < -0.3 is 0 Å². The van der Waals surface area contributed by atoms with Crippen molar-refractivity contribution in [3.05, 3.63) is 68.0 Å². The first-order chi connectivity index (χ1) is 11.4. The molecule has 0 bridgehead atoms. The zero-order valence-electron chi connectivity index (χ0n) is 13.7. The van der Waals surface area contributed by atoms with Gasteiger partial charge in [0.15, 0.2) is 0 Å². The van der Waals surface area contributed by atoms with E-state index < -0.39 is 5.66 Å². The predicted octanol–water partition coefficient (Wildman–Crippen LogP) is 3.18. The van der Waals surface area contributed by atoms with E-state index in [1.165, 1.54) is 0 Å². The zero-order chi connectivity index (χ0) is 17.5. The van der Waals surface area contributed by atoms with Gasteiger partial charge >= 0.3 is 159 Å². The van der Waals surface area contributed by atoms with Crippen LogP contribution in [0.1, 0.15) is 30.5 Å². The Morgan fingerprint density at radius 1 is 1.21 bits per heavy atom. The SMILES string of the molecule is CCn1cc(C2(c3cccc(Br)c3)N=C(C)C([As])=N2)cc(C)c1=O. The quantitative estimate of drug-likeness (QED) is 0.669. The van der Waals surface area contributed by atoms with Crippen LogP contribution in [0.3, 0.4) is 0 Å². The Bertz CT molecular complexity index is 912. The van der Waals surface area contributed by atoms with Gasteiger partial charge in [-0.05, 0) is 0 Å². The molecule has 3 rings (SSSR count). The van der Waals surface area contributed by atoms with E-state index >= 15 is 0 Å². The fourth-order valence-corrected chi connectivity index (χ4v) is 3.70. The van der Waals surface area contributed by atoms with Crippen LogP contribution in [0.15, 0.2) is 55.8 Å². The number of hydrogen-bond donors (Lipinski definition) is 0. The molecule has 0 saturated heterocycles. The van der Waals surface area contributed by atoms with Gasteiger partial charge in [0.2, 0.25) is 0 Å². The average Bonchev–Trinajstić information content (AvgIpc) is 2.86. The average molecular weight is 446 g/mol. The van der Waals surface area contributed by atoms with E-state index in [0.29, 0.717) is 12.1 Å². The van der Waals surface area contributed by atoms with Crippen molar-refractivity contribution in [1.29, 1.82) is 0 Å². The zero-order valence-corrected chi connectivity index (χ0v) is 17.2. The molecule has 4 nitrogen and oxygen atoms in total. The molecule has 0 aliphatic carbocycles. The van der Waals surface area contributed by atoms with E-state index in [-0.39, 0.29) is 5.56 Å². The molecule has 1 unspecified atom stereocenters. The van der Waals surface area contributed by atoms with Gasteiger partial charge in [-0.1, -0.05) is 0 Å². The second kappa shape index (κ2) is 6.45. The molecule has 0 fully saturated rings. The van der Waals surface area contributed by atoms with E-state index in [1.54, 1.807) is 4.57 Å². The number of aromatic nitrogens is 1. The van der Waals surface area contributed by atoms with Gasteiger partial charge in [0.25, 0.3) is 0 Å². The van der Waals surface area contributed by atoms with E-state index in [0.717, 1.165) is 25.8 Å². The van der Waals surface area contributed by atoms with Crippen LogP contribution >= 0.6 is 15.9 Å². The summed E-state index contributed by atoms with van der Waals surface area (Å²) in [4.78, 5) is 22.0. The van der Waals surface area contributed by atoms with Crippen molar-refractivity contribution in [1.82, 2.24) is 4.57 Å². The van der Waals surface area contributed by atoms with Gasteiger partial charge in [-0.2, -0.15) is 0 Å². The molecule has 1 atom stereocenters.